The summed E-state index contributed by atoms with van der Waals surface area (Å²) >= 11 is 0. The predicted molar refractivity (Wildman–Crippen MR) is 70.1 cm³/mol. The number of unbranched alkanes of at least 4 members (excludes halogenated alkanes) is 1. The van der Waals surface area contributed by atoms with E-state index >= 15 is 0 Å². The smallest absolute Gasteiger partial charge is 0.224 e. The van der Waals surface area contributed by atoms with E-state index < -0.39 is 10.0 Å². The first kappa shape index (κ1) is 14.9. The Bertz CT molecular complexity index is 287. The van der Waals surface area contributed by atoms with E-state index in [-0.39, 0.29) is 5.75 Å². The van der Waals surface area contributed by atoms with Crippen molar-refractivity contribution in [3.8, 4) is 0 Å². The van der Waals surface area contributed by atoms with Crippen LogP contribution in [-0.2, 0) is 10.0 Å². The lowest BCUT2D eigenvalue weighted by molar-refractivity contribution is 0.200. The van der Waals surface area contributed by atoms with E-state index in [1.165, 1.54) is 6.42 Å². The van der Waals surface area contributed by atoms with Crippen LogP contribution in [0, 0.1) is 0 Å². The largest absolute Gasteiger partial charge is 0.317 e. The molecule has 6 heteroatoms. The topological polar surface area (TPSA) is 61.4 Å². The van der Waals surface area contributed by atoms with Gasteiger partial charge in [0.05, 0.1) is 5.75 Å². The van der Waals surface area contributed by atoms with Gasteiger partial charge in [-0.05, 0) is 38.8 Å². The molecule has 1 rings (SSSR count). The molecule has 0 bridgehead atoms. The molecule has 17 heavy (non-hydrogen) atoms. The summed E-state index contributed by atoms with van der Waals surface area (Å²) in [6.45, 7) is 5.58. The van der Waals surface area contributed by atoms with Crippen LogP contribution in [0.3, 0.4) is 0 Å². The summed E-state index contributed by atoms with van der Waals surface area (Å²) in [6, 6.07) is 0. The molecule has 1 fully saturated rings. The van der Waals surface area contributed by atoms with Gasteiger partial charge in [0.25, 0.3) is 0 Å². The van der Waals surface area contributed by atoms with E-state index in [1.54, 1.807) is 0 Å². The highest BCUT2D eigenvalue weighted by molar-refractivity contribution is 7.89. The van der Waals surface area contributed by atoms with E-state index in [0.717, 1.165) is 51.9 Å². The quantitative estimate of drug-likeness (QED) is 0.633. The van der Waals surface area contributed by atoms with Crippen LogP contribution in [0.1, 0.15) is 39.0 Å². The van der Waals surface area contributed by atoms with Gasteiger partial charge in [0, 0.05) is 13.1 Å². The summed E-state index contributed by atoms with van der Waals surface area (Å²) in [7, 11) is -3.12. The summed E-state index contributed by atoms with van der Waals surface area (Å²) < 4.78 is 23.5. The van der Waals surface area contributed by atoms with Gasteiger partial charge in [-0.1, -0.05) is 13.3 Å². The monoisotopic (exact) mass is 263 g/mol. The molecule has 0 aromatic heterocycles. The third kappa shape index (κ3) is 6.98. The van der Waals surface area contributed by atoms with E-state index in [9.17, 15) is 8.42 Å². The Labute approximate surface area is 105 Å². The van der Waals surface area contributed by atoms with Gasteiger partial charge >= 0.3 is 0 Å². The molecule has 102 valence electrons. The molecule has 1 aliphatic heterocycles. The van der Waals surface area contributed by atoms with Crippen molar-refractivity contribution in [3.05, 3.63) is 0 Å². The highest BCUT2D eigenvalue weighted by Gasteiger charge is 2.16. The Morgan fingerprint density at radius 3 is 2.47 bits per heavy atom. The van der Waals surface area contributed by atoms with Gasteiger partial charge in [-0.15, -0.1) is 4.83 Å². The van der Waals surface area contributed by atoms with E-state index in [4.69, 9.17) is 0 Å². The summed E-state index contributed by atoms with van der Waals surface area (Å²) in [5, 5.41) is 5.03. The van der Waals surface area contributed by atoms with Crippen molar-refractivity contribution in [2.75, 3.05) is 31.9 Å². The molecular formula is C11H25N3O2S. The van der Waals surface area contributed by atoms with E-state index in [2.05, 4.69) is 17.1 Å². The van der Waals surface area contributed by atoms with Crippen molar-refractivity contribution in [2.45, 2.75) is 39.0 Å². The van der Waals surface area contributed by atoms with Crippen LogP contribution in [0.5, 0.6) is 0 Å². The Morgan fingerprint density at radius 2 is 1.82 bits per heavy atom. The van der Waals surface area contributed by atoms with E-state index in [0.29, 0.717) is 0 Å². The molecule has 0 amide bonds. The number of rotatable bonds is 8. The SMILES string of the molecule is CCNCCCCS(=O)(=O)NN1CCCCC1. The van der Waals surface area contributed by atoms with Crippen LogP contribution in [0.4, 0.5) is 0 Å². The van der Waals surface area contributed by atoms with Crippen molar-refractivity contribution in [3.63, 3.8) is 0 Å². The van der Waals surface area contributed by atoms with Gasteiger partial charge in [0.15, 0.2) is 0 Å². The molecule has 0 aliphatic carbocycles. The van der Waals surface area contributed by atoms with Crippen LogP contribution in [0.2, 0.25) is 0 Å². The first-order chi connectivity index (χ1) is 8.14. The molecule has 0 atom stereocenters. The zero-order valence-corrected chi connectivity index (χ0v) is 11.6. The van der Waals surface area contributed by atoms with Gasteiger partial charge in [0.2, 0.25) is 10.0 Å². The fourth-order valence-electron chi connectivity index (χ4n) is 1.95. The number of sulfonamides is 1. The average Bonchev–Trinajstić information content (AvgIpc) is 2.29. The van der Waals surface area contributed by atoms with Gasteiger partial charge < -0.3 is 5.32 Å². The normalized spacial score (nSPS) is 18.4. The molecule has 2 N–H and O–H groups in total. The molecule has 1 aliphatic rings. The maximum absolute atomic E-state index is 11.8. The molecular weight excluding hydrogens is 238 g/mol. The third-order valence-corrected chi connectivity index (χ3v) is 4.25. The average molecular weight is 263 g/mol. The van der Waals surface area contributed by atoms with Crippen LogP contribution in [0.15, 0.2) is 0 Å². The number of piperidine rings is 1. The van der Waals surface area contributed by atoms with Crippen molar-refractivity contribution < 1.29 is 8.42 Å². The van der Waals surface area contributed by atoms with Crippen molar-refractivity contribution >= 4 is 10.0 Å². The number of hydrogen-bond acceptors (Lipinski definition) is 4. The maximum Gasteiger partial charge on any atom is 0.224 e. The van der Waals surface area contributed by atoms with Gasteiger partial charge in [-0.3, -0.25) is 0 Å². The first-order valence-electron chi connectivity index (χ1n) is 6.60. The number of nitrogens with one attached hydrogen (secondary N) is 2. The minimum atomic E-state index is -3.12. The van der Waals surface area contributed by atoms with Crippen LogP contribution in [0.25, 0.3) is 0 Å². The minimum Gasteiger partial charge on any atom is -0.317 e. The zero-order valence-electron chi connectivity index (χ0n) is 10.7. The van der Waals surface area contributed by atoms with Gasteiger partial charge in [-0.2, -0.15) is 0 Å². The molecule has 1 saturated heterocycles. The standard InChI is InChI=1S/C11H25N3O2S/c1-2-12-8-4-7-11-17(15,16)13-14-9-5-3-6-10-14/h12-13H,2-11H2,1H3. The van der Waals surface area contributed by atoms with Gasteiger partial charge in [-0.25, -0.2) is 13.4 Å². The second kappa shape index (κ2) is 8.02. The number of hydrogen-bond donors (Lipinski definition) is 2. The molecule has 0 saturated carbocycles. The summed E-state index contributed by atoms with van der Waals surface area (Å²) in [6.07, 6.45) is 5.01. The summed E-state index contributed by atoms with van der Waals surface area (Å²) in [5.41, 5.74) is 0. The van der Waals surface area contributed by atoms with Crippen LogP contribution >= 0.6 is 0 Å². The third-order valence-electron chi connectivity index (χ3n) is 2.89. The van der Waals surface area contributed by atoms with Gasteiger partial charge in [0.1, 0.15) is 0 Å². The zero-order chi connectivity index (χ0) is 12.6. The first-order valence-corrected chi connectivity index (χ1v) is 8.25. The Morgan fingerprint density at radius 1 is 1.12 bits per heavy atom. The lowest BCUT2D eigenvalue weighted by atomic mass is 10.2. The predicted octanol–water partition coefficient (Wildman–Crippen LogP) is 0.696. The van der Waals surface area contributed by atoms with Crippen molar-refractivity contribution in [2.24, 2.45) is 0 Å². The van der Waals surface area contributed by atoms with Crippen molar-refractivity contribution in [1.29, 1.82) is 0 Å². The Balaban J connectivity index is 2.16. The van der Waals surface area contributed by atoms with Crippen molar-refractivity contribution in [1.82, 2.24) is 15.2 Å². The van der Waals surface area contributed by atoms with E-state index in [1.807, 2.05) is 5.01 Å². The fraction of sp³-hybridized carbons (Fsp3) is 1.00. The molecule has 0 unspecified atom stereocenters. The lowest BCUT2D eigenvalue weighted by Gasteiger charge is -2.26. The Kier molecular flexibility index (Phi) is 7.03. The van der Waals surface area contributed by atoms with Crippen LogP contribution in [-0.4, -0.2) is 45.4 Å². The molecule has 0 spiro atoms. The molecule has 0 aromatic carbocycles. The fourth-order valence-corrected chi connectivity index (χ4v) is 3.20. The maximum atomic E-state index is 11.8. The Hall–Kier alpha value is -0.170. The van der Waals surface area contributed by atoms with Crippen LogP contribution < -0.4 is 10.1 Å². The lowest BCUT2D eigenvalue weighted by Crippen LogP contribution is -2.45. The second-order valence-corrected chi connectivity index (χ2v) is 6.34. The molecule has 1 heterocycles. The summed E-state index contributed by atoms with van der Waals surface area (Å²) in [5.74, 6) is 0.231. The molecule has 5 nitrogen and oxygen atoms in total. The summed E-state index contributed by atoms with van der Waals surface area (Å²) in [4.78, 5) is 2.67. The highest BCUT2D eigenvalue weighted by Crippen LogP contribution is 2.07. The highest BCUT2D eigenvalue weighted by atomic mass is 32.2. The minimum absolute atomic E-state index is 0.231. The second-order valence-electron chi connectivity index (χ2n) is 4.52. The molecule has 0 aromatic rings. The number of nitrogens with zero attached hydrogens (tertiary/aromatic N) is 1. The number of hydrazine groups is 1. The molecule has 0 radical (unpaired) electrons.